The fourth-order valence-electron chi connectivity index (χ4n) is 1.31. The molecule has 0 radical (unpaired) electrons. The van der Waals surface area contributed by atoms with E-state index in [0.717, 1.165) is 6.42 Å². The lowest BCUT2D eigenvalue weighted by atomic mass is 10.1. The summed E-state index contributed by atoms with van der Waals surface area (Å²) < 4.78 is 0. The van der Waals surface area contributed by atoms with E-state index in [0.29, 0.717) is 13.0 Å². The Balaban J connectivity index is 4.18. The van der Waals surface area contributed by atoms with Crippen LogP contribution in [-0.2, 0) is 9.59 Å². The zero-order valence-corrected chi connectivity index (χ0v) is 10.6. The molecule has 0 bridgehead atoms. The van der Waals surface area contributed by atoms with Crippen LogP contribution < -0.4 is 11.1 Å². The summed E-state index contributed by atoms with van der Waals surface area (Å²) in [5.41, 5.74) is 5.65. The molecule has 0 spiro atoms. The molecule has 0 aromatic rings. The second-order valence-corrected chi connectivity index (χ2v) is 3.98. The number of likely N-dealkylation sites (N-methyl/N-ethyl adjacent to an activating group) is 1. The number of hydrogen-bond donors (Lipinski definition) is 2. The van der Waals surface area contributed by atoms with Gasteiger partial charge in [0.15, 0.2) is 0 Å². The van der Waals surface area contributed by atoms with Gasteiger partial charge in [-0.25, -0.2) is 0 Å². The van der Waals surface area contributed by atoms with Gasteiger partial charge in [0.25, 0.3) is 0 Å². The average molecular weight is 229 g/mol. The van der Waals surface area contributed by atoms with E-state index in [1.165, 1.54) is 0 Å². The van der Waals surface area contributed by atoms with Crippen LogP contribution in [0.2, 0.25) is 0 Å². The molecule has 0 rings (SSSR count). The molecule has 5 nitrogen and oxygen atoms in total. The highest BCUT2D eigenvalue weighted by atomic mass is 16.2. The van der Waals surface area contributed by atoms with Gasteiger partial charge in [0, 0.05) is 13.6 Å². The van der Waals surface area contributed by atoms with Gasteiger partial charge in [-0.2, -0.15) is 0 Å². The number of hydrogen-bond acceptors (Lipinski definition) is 3. The van der Waals surface area contributed by atoms with E-state index in [1.54, 1.807) is 18.9 Å². The van der Waals surface area contributed by atoms with E-state index in [1.807, 2.05) is 13.8 Å². The molecule has 0 aliphatic heterocycles. The quantitative estimate of drug-likeness (QED) is 0.678. The first-order chi connectivity index (χ1) is 7.43. The maximum atomic E-state index is 11.7. The Bertz CT molecular complexity index is 243. The third-order valence-electron chi connectivity index (χ3n) is 2.52. The Hall–Kier alpha value is -1.10. The second-order valence-electron chi connectivity index (χ2n) is 3.98. The second kappa shape index (κ2) is 7.22. The van der Waals surface area contributed by atoms with Crippen LogP contribution in [-0.4, -0.2) is 42.4 Å². The van der Waals surface area contributed by atoms with Gasteiger partial charge < -0.3 is 16.0 Å². The van der Waals surface area contributed by atoms with Gasteiger partial charge in [-0.3, -0.25) is 9.59 Å². The van der Waals surface area contributed by atoms with Crippen LogP contribution in [0.25, 0.3) is 0 Å². The minimum Gasteiger partial charge on any atom is -0.344 e. The van der Waals surface area contributed by atoms with E-state index in [2.05, 4.69) is 5.32 Å². The molecule has 0 fully saturated rings. The fourth-order valence-corrected chi connectivity index (χ4v) is 1.31. The molecule has 0 aliphatic rings. The van der Waals surface area contributed by atoms with Crippen molar-refractivity contribution in [1.29, 1.82) is 0 Å². The van der Waals surface area contributed by atoms with E-state index in [-0.39, 0.29) is 11.8 Å². The topological polar surface area (TPSA) is 75.4 Å². The Morgan fingerprint density at radius 3 is 2.38 bits per heavy atom. The van der Waals surface area contributed by atoms with Gasteiger partial charge in [0.05, 0.1) is 6.04 Å². The van der Waals surface area contributed by atoms with Crippen molar-refractivity contribution >= 4 is 11.8 Å². The third kappa shape index (κ3) is 4.61. The monoisotopic (exact) mass is 229 g/mol. The molecule has 94 valence electrons. The molecule has 0 saturated heterocycles. The van der Waals surface area contributed by atoms with Crippen molar-refractivity contribution in [3.63, 3.8) is 0 Å². The maximum Gasteiger partial charge on any atom is 0.244 e. The van der Waals surface area contributed by atoms with Gasteiger partial charge in [0.1, 0.15) is 6.04 Å². The van der Waals surface area contributed by atoms with Gasteiger partial charge in [0.2, 0.25) is 11.8 Å². The van der Waals surface area contributed by atoms with Gasteiger partial charge >= 0.3 is 0 Å². The zero-order chi connectivity index (χ0) is 12.7. The highest BCUT2D eigenvalue weighted by Crippen LogP contribution is 1.96. The van der Waals surface area contributed by atoms with E-state index in [4.69, 9.17) is 5.73 Å². The molecular formula is C11H23N3O2. The highest BCUT2D eigenvalue weighted by molar-refractivity contribution is 5.89. The molecule has 5 heteroatoms. The van der Waals surface area contributed by atoms with Crippen LogP contribution >= 0.6 is 0 Å². The Labute approximate surface area is 97.4 Å². The number of rotatable bonds is 6. The molecular weight excluding hydrogens is 206 g/mol. The predicted molar refractivity (Wildman–Crippen MR) is 63.8 cm³/mol. The molecule has 3 N–H and O–H groups in total. The summed E-state index contributed by atoms with van der Waals surface area (Å²) in [6.45, 7) is 6.15. The normalized spacial score (nSPS) is 14.1. The Morgan fingerprint density at radius 2 is 1.94 bits per heavy atom. The minimum atomic E-state index is -0.521. The van der Waals surface area contributed by atoms with E-state index < -0.39 is 12.1 Å². The third-order valence-corrected chi connectivity index (χ3v) is 2.52. The average Bonchev–Trinajstić information content (AvgIpc) is 2.26. The molecule has 2 unspecified atom stereocenters. The van der Waals surface area contributed by atoms with Crippen LogP contribution in [0.15, 0.2) is 0 Å². The minimum absolute atomic E-state index is 0.0976. The van der Waals surface area contributed by atoms with Crippen molar-refractivity contribution in [1.82, 2.24) is 10.2 Å². The highest BCUT2D eigenvalue weighted by Gasteiger charge is 2.21. The van der Waals surface area contributed by atoms with E-state index >= 15 is 0 Å². The predicted octanol–water partition coefficient (Wildman–Crippen LogP) is 0.0968. The summed E-state index contributed by atoms with van der Waals surface area (Å²) >= 11 is 0. The smallest absolute Gasteiger partial charge is 0.244 e. The zero-order valence-electron chi connectivity index (χ0n) is 10.6. The van der Waals surface area contributed by atoms with Gasteiger partial charge in [-0.1, -0.05) is 13.3 Å². The number of nitrogens with zero attached hydrogens (tertiary/aromatic N) is 1. The largest absolute Gasteiger partial charge is 0.344 e. The standard InChI is InChI=1S/C11H23N3O2/c1-5-7-9(12)10(15)13-8(3)11(16)14(4)6-2/h8-9H,5-7,12H2,1-4H3,(H,13,15). The Morgan fingerprint density at radius 1 is 1.38 bits per heavy atom. The van der Waals surface area contributed by atoms with E-state index in [9.17, 15) is 9.59 Å². The van der Waals surface area contributed by atoms with Crippen molar-refractivity contribution < 1.29 is 9.59 Å². The number of carbonyl (C=O) groups is 2. The first kappa shape index (κ1) is 14.9. The lowest BCUT2D eigenvalue weighted by molar-refractivity contribution is -0.135. The van der Waals surface area contributed by atoms with Crippen LogP contribution in [0.3, 0.4) is 0 Å². The summed E-state index contributed by atoms with van der Waals surface area (Å²) in [5, 5.41) is 2.62. The lowest BCUT2D eigenvalue weighted by Crippen LogP contribution is -2.50. The fraction of sp³-hybridized carbons (Fsp3) is 0.818. The summed E-state index contributed by atoms with van der Waals surface area (Å²) in [6, 6.07) is -1.03. The maximum absolute atomic E-state index is 11.7. The first-order valence-electron chi connectivity index (χ1n) is 5.74. The van der Waals surface area contributed by atoms with Crippen LogP contribution in [0.5, 0.6) is 0 Å². The molecule has 0 aromatic carbocycles. The van der Waals surface area contributed by atoms with Gasteiger partial charge in [-0.05, 0) is 20.3 Å². The Kier molecular flexibility index (Phi) is 6.72. The van der Waals surface area contributed by atoms with Crippen molar-refractivity contribution in [3.05, 3.63) is 0 Å². The SMILES string of the molecule is CCCC(N)C(=O)NC(C)C(=O)N(C)CC. The summed E-state index contributed by atoms with van der Waals surface area (Å²) in [7, 11) is 1.71. The lowest BCUT2D eigenvalue weighted by Gasteiger charge is -2.21. The molecule has 2 amide bonds. The van der Waals surface area contributed by atoms with Gasteiger partial charge in [-0.15, -0.1) is 0 Å². The summed E-state index contributed by atoms with van der Waals surface area (Å²) in [6.07, 6.45) is 1.49. The molecule has 2 atom stereocenters. The molecule has 0 aliphatic carbocycles. The van der Waals surface area contributed by atoms with Crippen molar-refractivity contribution in [2.24, 2.45) is 5.73 Å². The number of nitrogens with two attached hydrogens (primary N) is 1. The summed E-state index contributed by atoms with van der Waals surface area (Å²) in [4.78, 5) is 24.8. The van der Waals surface area contributed by atoms with Crippen LogP contribution in [0, 0.1) is 0 Å². The number of amides is 2. The van der Waals surface area contributed by atoms with Crippen LogP contribution in [0.1, 0.15) is 33.6 Å². The number of carbonyl (C=O) groups excluding carboxylic acids is 2. The van der Waals surface area contributed by atoms with Crippen LogP contribution in [0.4, 0.5) is 0 Å². The number of nitrogens with one attached hydrogen (secondary N) is 1. The van der Waals surface area contributed by atoms with Crippen molar-refractivity contribution in [3.8, 4) is 0 Å². The molecule has 16 heavy (non-hydrogen) atoms. The molecule has 0 heterocycles. The molecule has 0 aromatic heterocycles. The van der Waals surface area contributed by atoms with Crippen molar-refractivity contribution in [2.45, 2.75) is 45.7 Å². The molecule has 0 saturated carbocycles. The first-order valence-corrected chi connectivity index (χ1v) is 5.74. The summed E-state index contributed by atoms with van der Waals surface area (Å²) in [5.74, 6) is -0.355. The van der Waals surface area contributed by atoms with Crippen molar-refractivity contribution in [2.75, 3.05) is 13.6 Å².